The van der Waals surface area contributed by atoms with Gasteiger partial charge in [0, 0.05) is 63.3 Å². The molecule has 4 aromatic rings. The van der Waals surface area contributed by atoms with Crippen LogP contribution in [0.1, 0.15) is 56.7 Å². The summed E-state index contributed by atoms with van der Waals surface area (Å²) < 4.78 is 66.7. The highest BCUT2D eigenvalue weighted by atomic mass is 32.2. The molecule has 4 heterocycles. The first-order valence-electron chi connectivity index (χ1n) is 18.6. The standard InChI is InChI=1S/C39H41F3N10O6S/c1-48(23-25-7-12-30-31(20-25)36(55)52(35(30)54)51-18-15-33(53)46-38(51)56)27-13-16-50(17-14-27)28-10-8-26(9-11-28)45-37-44-22-32(39(40,41)42)34(47-37)43-21-24-5-4-6-29(19-24)49(2)59(3,57)58/h4-12,19-20,22,27H,13-18,21,23H2,1-3H3,(H,46,53,56)(H2,43,44,45,47). The molecule has 0 aliphatic carbocycles. The summed E-state index contributed by atoms with van der Waals surface area (Å²) in [6.07, 6.45) is -1.28. The summed E-state index contributed by atoms with van der Waals surface area (Å²) in [6, 6.07) is 18.3. The average Bonchev–Trinajstić information content (AvgIpc) is 3.44. The summed E-state index contributed by atoms with van der Waals surface area (Å²) >= 11 is 0. The van der Waals surface area contributed by atoms with Crippen LogP contribution in [0, 0.1) is 0 Å². The van der Waals surface area contributed by atoms with E-state index in [1.165, 1.54) is 7.05 Å². The minimum absolute atomic E-state index is 0.0200. The van der Waals surface area contributed by atoms with Gasteiger partial charge in [-0.3, -0.25) is 28.9 Å². The molecule has 2 fully saturated rings. The molecule has 16 nitrogen and oxygen atoms in total. The van der Waals surface area contributed by atoms with Gasteiger partial charge < -0.3 is 15.5 Å². The second-order valence-electron chi connectivity index (χ2n) is 14.5. The van der Waals surface area contributed by atoms with Crippen LogP contribution in [0.15, 0.2) is 72.9 Å². The summed E-state index contributed by atoms with van der Waals surface area (Å²) in [4.78, 5) is 62.7. The Bertz CT molecular complexity index is 2410. The SMILES string of the molecule is CN(Cc1ccc2c(c1)C(=O)N(N1CCC(=O)NC1=O)C2=O)C1CCN(c2ccc(Nc3ncc(C(F)(F)F)c(NCc4cccc(N(C)S(C)(=O)=O)c4)n3)cc2)CC1. The van der Waals surface area contributed by atoms with Crippen LogP contribution in [-0.2, 0) is 34.1 Å². The minimum Gasteiger partial charge on any atom is -0.371 e. The van der Waals surface area contributed by atoms with Gasteiger partial charge in [-0.1, -0.05) is 18.2 Å². The lowest BCUT2D eigenvalue weighted by Gasteiger charge is -2.38. The Morgan fingerprint density at radius 1 is 0.898 bits per heavy atom. The molecule has 7 rings (SSSR count). The Morgan fingerprint density at radius 3 is 2.29 bits per heavy atom. The molecule has 0 bridgehead atoms. The number of carbonyl (C=O) groups is 4. The van der Waals surface area contributed by atoms with E-state index in [0.29, 0.717) is 29.7 Å². The quantitative estimate of drug-likeness (QED) is 0.166. The lowest BCUT2D eigenvalue weighted by atomic mass is 10.0. The second-order valence-corrected chi connectivity index (χ2v) is 16.6. The smallest absolute Gasteiger partial charge is 0.371 e. The van der Waals surface area contributed by atoms with Crippen LogP contribution in [0.25, 0.3) is 0 Å². The molecule has 3 aliphatic heterocycles. The number of halogens is 3. The molecule has 0 saturated carbocycles. The fourth-order valence-corrected chi connectivity index (χ4v) is 7.73. The third-order valence-corrected chi connectivity index (χ3v) is 11.7. The maximum atomic E-state index is 13.9. The maximum Gasteiger partial charge on any atom is 0.421 e. The van der Waals surface area contributed by atoms with E-state index in [1.54, 1.807) is 54.6 Å². The number of aromatic nitrogens is 2. The molecular weight excluding hydrogens is 794 g/mol. The second kappa shape index (κ2) is 16.2. The predicted octanol–water partition coefficient (Wildman–Crippen LogP) is 4.80. The van der Waals surface area contributed by atoms with Crippen LogP contribution >= 0.6 is 0 Å². The van der Waals surface area contributed by atoms with E-state index in [9.17, 15) is 40.8 Å². The number of piperidine rings is 1. The van der Waals surface area contributed by atoms with Crippen molar-refractivity contribution in [3.63, 3.8) is 0 Å². The summed E-state index contributed by atoms with van der Waals surface area (Å²) in [5, 5.41) is 9.61. The van der Waals surface area contributed by atoms with Crippen LogP contribution < -0.4 is 25.2 Å². The van der Waals surface area contributed by atoms with E-state index < -0.39 is 51.3 Å². The number of amides is 5. The molecule has 20 heteroatoms. The van der Waals surface area contributed by atoms with Gasteiger partial charge in [0.05, 0.1) is 29.6 Å². The lowest BCUT2D eigenvalue weighted by Crippen LogP contribution is -2.58. The van der Waals surface area contributed by atoms with E-state index >= 15 is 0 Å². The number of fused-ring (bicyclic) bond motifs is 1. The fraction of sp³-hybridized carbons (Fsp3) is 0.333. The van der Waals surface area contributed by atoms with Gasteiger partial charge in [0.2, 0.25) is 21.9 Å². The number of urea groups is 1. The first kappa shape index (κ1) is 40.9. The van der Waals surface area contributed by atoms with Gasteiger partial charge in [0.1, 0.15) is 11.4 Å². The Kier molecular flexibility index (Phi) is 11.2. The molecule has 0 radical (unpaired) electrons. The molecule has 0 unspecified atom stereocenters. The monoisotopic (exact) mass is 834 g/mol. The predicted molar refractivity (Wildman–Crippen MR) is 212 cm³/mol. The number of alkyl halides is 3. The van der Waals surface area contributed by atoms with Crippen molar-refractivity contribution in [2.75, 3.05) is 59.8 Å². The molecule has 3 aliphatic rings. The molecule has 3 aromatic carbocycles. The Labute approximate surface area is 338 Å². The van der Waals surface area contributed by atoms with Gasteiger partial charge in [0.15, 0.2) is 0 Å². The Hall–Kier alpha value is -6.28. The third kappa shape index (κ3) is 8.92. The van der Waals surface area contributed by atoms with Crippen LogP contribution in [0.3, 0.4) is 0 Å². The van der Waals surface area contributed by atoms with Crippen molar-refractivity contribution >= 4 is 62.6 Å². The van der Waals surface area contributed by atoms with Crippen LogP contribution in [-0.4, -0.2) is 103 Å². The summed E-state index contributed by atoms with van der Waals surface area (Å²) in [5.74, 6) is -2.18. The number of imide groups is 2. The van der Waals surface area contributed by atoms with Crippen molar-refractivity contribution in [2.45, 2.75) is 44.6 Å². The van der Waals surface area contributed by atoms with E-state index in [2.05, 4.69) is 35.7 Å². The molecule has 1 aromatic heterocycles. The zero-order valence-electron chi connectivity index (χ0n) is 32.3. The number of sulfonamides is 1. The normalized spacial score (nSPS) is 16.4. The van der Waals surface area contributed by atoms with Crippen molar-refractivity contribution in [2.24, 2.45) is 0 Å². The highest BCUT2D eigenvalue weighted by Crippen LogP contribution is 2.35. The van der Waals surface area contributed by atoms with Gasteiger partial charge in [-0.05, 0) is 79.5 Å². The number of nitrogens with zero attached hydrogens (tertiary/aromatic N) is 7. The summed E-state index contributed by atoms with van der Waals surface area (Å²) in [6.45, 7) is 1.92. The number of carbonyl (C=O) groups excluding carboxylic acids is 4. The highest BCUT2D eigenvalue weighted by Gasteiger charge is 2.43. The molecular formula is C39H41F3N10O6S. The zero-order valence-corrected chi connectivity index (χ0v) is 33.1. The molecule has 2 saturated heterocycles. The van der Waals surface area contributed by atoms with Crippen molar-refractivity contribution in [1.82, 2.24) is 30.2 Å². The molecule has 0 atom stereocenters. The summed E-state index contributed by atoms with van der Waals surface area (Å²) in [7, 11) is -0.142. The van der Waals surface area contributed by atoms with Gasteiger partial charge in [-0.2, -0.15) is 23.2 Å². The highest BCUT2D eigenvalue weighted by molar-refractivity contribution is 7.92. The molecule has 0 spiro atoms. The molecule has 5 amide bonds. The van der Waals surface area contributed by atoms with E-state index in [1.807, 2.05) is 19.2 Å². The first-order chi connectivity index (χ1) is 28.0. The number of hydrogen-bond acceptors (Lipinski definition) is 12. The van der Waals surface area contributed by atoms with Crippen molar-refractivity contribution in [1.29, 1.82) is 0 Å². The molecule has 59 heavy (non-hydrogen) atoms. The Balaban J connectivity index is 0.937. The molecule has 3 N–H and O–H groups in total. The van der Waals surface area contributed by atoms with Gasteiger partial charge in [-0.15, -0.1) is 0 Å². The largest absolute Gasteiger partial charge is 0.421 e. The molecule has 310 valence electrons. The Morgan fingerprint density at radius 2 is 1.61 bits per heavy atom. The van der Waals surface area contributed by atoms with Crippen molar-refractivity contribution in [3.8, 4) is 0 Å². The number of hydrazine groups is 1. The van der Waals surface area contributed by atoms with Crippen molar-refractivity contribution in [3.05, 3.63) is 101 Å². The number of hydrogen-bond donors (Lipinski definition) is 3. The average molecular weight is 835 g/mol. The van der Waals surface area contributed by atoms with Gasteiger partial charge in [0.25, 0.3) is 11.8 Å². The number of rotatable bonds is 12. The topological polar surface area (TPSA) is 180 Å². The van der Waals surface area contributed by atoms with E-state index in [4.69, 9.17) is 0 Å². The number of nitrogens with one attached hydrogen (secondary N) is 3. The van der Waals surface area contributed by atoms with Crippen LogP contribution in [0.5, 0.6) is 0 Å². The van der Waals surface area contributed by atoms with Gasteiger partial charge >= 0.3 is 12.2 Å². The van der Waals surface area contributed by atoms with Crippen molar-refractivity contribution < 1.29 is 40.8 Å². The van der Waals surface area contributed by atoms with Gasteiger partial charge in [-0.25, -0.2) is 23.2 Å². The fourth-order valence-electron chi connectivity index (χ4n) is 7.23. The number of anilines is 5. The van der Waals surface area contributed by atoms with E-state index in [0.717, 1.165) is 57.8 Å². The maximum absolute atomic E-state index is 13.9. The first-order valence-corrected chi connectivity index (χ1v) is 20.5. The van der Waals surface area contributed by atoms with E-state index in [-0.39, 0.29) is 42.6 Å². The third-order valence-electron chi connectivity index (χ3n) is 10.5. The van der Waals surface area contributed by atoms with Crippen LogP contribution in [0.2, 0.25) is 0 Å². The minimum atomic E-state index is -4.73. The van der Waals surface area contributed by atoms with Crippen LogP contribution in [0.4, 0.5) is 46.8 Å². The lowest BCUT2D eigenvalue weighted by molar-refractivity contribution is -0.137. The summed E-state index contributed by atoms with van der Waals surface area (Å²) in [5.41, 5.74) is 2.64. The number of benzene rings is 3. The zero-order chi connectivity index (χ0) is 42.2.